The second kappa shape index (κ2) is 9.08. The zero-order valence-electron chi connectivity index (χ0n) is 17.1. The van der Waals surface area contributed by atoms with Crippen LogP contribution in [0.1, 0.15) is 25.5 Å². The van der Waals surface area contributed by atoms with Crippen molar-refractivity contribution in [3.63, 3.8) is 0 Å². The number of nitrogens with zero attached hydrogens (tertiary/aromatic N) is 3. The fraction of sp³-hybridized carbons (Fsp3) is 0.368. The van der Waals surface area contributed by atoms with Gasteiger partial charge in [-0.3, -0.25) is 4.79 Å². The normalized spacial score (nSPS) is 15.3. The Kier molecular flexibility index (Phi) is 6.50. The Hall–Kier alpha value is -3.21. The van der Waals surface area contributed by atoms with Gasteiger partial charge in [-0.2, -0.15) is 4.98 Å². The first-order valence-electron chi connectivity index (χ1n) is 9.14. The average Bonchev–Trinajstić information content (AvgIpc) is 3.12. The van der Waals surface area contributed by atoms with Crippen molar-refractivity contribution in [3.05, 3.63) is 35.0 Å². The average molecular weight is 433 g/mol. The molecule has 0 aliphatic carbocycles. The first-order valence-corrected chi connectivity index (χ1v) is 10.1. The van der Waals surface area contributed by atoms with E-state index in [2.05, 4.69) is 15.4 Å². The Balaban J connectivity index is 2.10. The second-order valence-electron chi connectivity index (χ2n) is 6.32. The molecule has 30 heavy (non-hydrogen) atoms. The van der Waals surface area contributed by atoms with E-state index in [4.69, 9.17) is 19.9 Å². The number of carbonyl (C=O) groups is 2. The van der Waals surface area contributed by atoms with Crippen LogP contribution >= 0.6 is 11.8 Å². The van der Waals surface area contributed by atoms with Gasteiger partial charge in [0, 0.05) is 5.70 Å². The molecule has 3 N–H and O–H groups in total. The quantitative estimate of drug-likeness (QED) is 0.472. The van der Waals surface area contributed by atoms with Gasteiger partial charge in [0.1, 0.15) is 6.04 Å². The molecule has 2 aromatic rings. The summed E-state index contributed by atoms with van der Waals surface area (Å²) in [4.78, 5) is 28.2. The van der Waals surface area contributed by atoms with Crippen LogP contribution in [0.5, 0.6) is 11.5 Å². The summed E-state index contributed by atoms with van der Waals surface area (Å²) in [6.45, 7) is 3.51. The predicted octanol–water partition coefficient (Wildman–Crippen LogP) is 1.72. The number of anilines is 1. The monoisotopic (exact) mass is 433 g/mol. The molecule has 1 unspecified atom stereocenters. The van der Waals surface area contributed by atoms with Crippen LogP contribution in [0.15, 0.2) is 34.6 Å². The van der Waals surface area contributed by atoms with Gasteiger partial charge in [0.05, 0.1) is 19.8 Å². The molecule has 1 aromatic heterocycles. The number of primary amides is 1. The standard InChI is InChI=1S/C19H23N5O5S/c1-5-30-19-22-18-21-10(2)15(17(26)28-4)16(24(18)23-19)11-6-7-12(13(8-11)27-3)29-9-14(20)25/h6-8,16H,5,9H2,1-4H3,(H2,20,25)(H,21,22,23). The maximum Gasteiger partial charge on any atom is 0.338 e. The van der Waals surface area contributed by atoms with Crippen LogP contribution in [0.2, 0.25) is 0 Å². The lowest BCUT2D eigenvalue weighted by Crippen LogP contribution is -2.29. The molecule has 1 aromatic carbocycles. The van der Waals surface area contributed by atoms with E-state index in [0.29, 0.717) is 39.4 Å². The minimum absolute atomic E-state index is 0.277. The summed E-state index contributed by atoms with van der Waals surface area (Å²) in [5.41, 5.74) is 6.88. The number of hydrogen-bond acceptors (Lipinski definition) is 9. The molecule has 0 saturated heterocycles. The molecule has 1 aliphatic heterocycles. The van der Waals surface area contributed by atoms with Gasteiger partial charge in [-0.25, -0.2) is 9.48 Å². The predicted molar refractivity (Wildman–Crippen MR) is 111 cm³/mol. The maximum absolute atomic E-state index is 12.6. The molecule has 11 heteroatoms. The molecule has 10 nitrogen and oxygen atoms in total. The number of methoxy groups -OCH3 is 2. The van der Waals surface area contributed by atoms with Crippen LogP contribution in [0.3, 0.4) is 0 Å². The van der Waals surface area contributed by atoms with Crippen LogP contribution in [0.25, 0.3) is 0 Å². The zero-order valence-corrected chi connectivity index (χ0v) is 17.9. The molecular weight excluding hydrogens is 410 g/mol. The molecule has 1 amide bonds. The van der Waals surface area contributed by atoms with Crippen molar-refractivity contribution in [2.24, 2.45) is 5.73 Å². The molecular formula is C19H23N5O5S. The van der Waals surface area contributed by atoms with Gasteiger partial charge in [0.2, 0.25) is 11.1 Å². The number of amides is 1. The number of fused-ring (bicyclic) bond motifs is 1. The van der Waals surface area contributed by atoms with Crippen molar-refractivity contribution >= 4 is 29.6 Å². The van der Waals surface area contributed by atoms with Gasteiger partial charge in [-0.1, -0.05) is 24.8 Å². The van der Waals surface area contributed by atoms with Gasteiger partial charge in [0.15, 0.2) is 18.1 Å². The summed E-state index contributed by atoms with van der Waals surface area (Å²) < 4.78 is 17.5. The Morgan fingerprint density at radius 2 is 2.07 bits per heavy atom. The molecule has 0 saturated carbocycles. The Morgan fingerprint density at radius 3 is 2.70 bits per heavy atom. The summed E-state index contributed by atoms with van der Waals surface area (Å²) in [5, 5.41) is 8.29. The fourth-order valence-corrected chi connectivity index (χ4v) is 3.68. The summed E-state index contributed by atoms with van der Waals surface area (Å²) in [6.07, 6.45) is 0. The summed E-state index contributed by atoms with van der Waals surface area (Å²) in [7, 11) is 2.81. The highest BCUT2D eigenvalue weighted by atomic mass is 32.2. The molecule has 3 rings (SSSR count). The van der Waals surface area contributed by atoms with Gasteiger partial charge in [-0.15, -0.1) is 5.10 Å². The van der Waals surface area contributed by atoms with Gasteiger partial charge in [0.25, 0.3) is 5.91 Å². The van der Waals surface area contributed by atoms with Crippen molar-refractivity contribution in [1.82, 2.24) is 14.8 Å². The first-order chi connectivity index (χ1) is 14.4. The minimum atomic E-state index is -0.598. The molecule has 0 bridgehead atoms. The van der Waals surface area contributed by atoms with Crippen LogP contribution in [0.4, 0.5) is 5.95 Å². The lowest BCUT2D eigenvalue weighted by atomic mass is 9.95. The Labute approximate surface area is 177 Å². The van der Waals surface area contributed by atoms with Crippen LogP contribution in [-0.4, -0.2) is 53.2 Å². The highest BCUT2D eigenvalue weighted by molar-refractivity contribution is 7.99. The topological polar surface area (TPSA) is 131 Å². The van der Waals surface area contributed by atoms with Crippen molar-refractivity contribution in [2.75, 3.05) is 31.9 Å². The summed E-state index contributed by atoms with van der Waals surface area (Å²) in [5.74, 6) is 0.996. The number of allylic oxidation sites excluding steroid dienone is 1. The van der Waals surface area contributed by atoms with Crippen LogP contribution in [0, 0.1) is 0 Å². The summed E-state index contributed by atoms with van der Waals surface area (Å²) >= 11 is 1.50. The van der Waals surface area contributed by atoms with E-state index >= 15 is 0 Å². The highest BCUT2D eigenvalue weighted by Gasteiger charge is 2.35. The van der Waals surface area contributed by atoms with Gasteiger partial charge in [-0.05, 0) is 30.4 Å². The van der Waals surface area contributed by atoms with Crippen molar-refractivity contribution < 1.29 is 23.8 Å². The van der Waals surface area contributed by atoms with E-state index in [-0.39, 0.29) is 6.61 Å². The highest BCUT2D eigenvalue weighted by Crippen LogP contribution is 2.39. The second-order valence-corrected chi connectivity index (χ2v) is 7.55. The van der Waals surface area contributed by atoms with E-state index in [1.807, 2.05) is 6.92 Å². The lowest BCUT2D eigenvalue weighted by molar-refractivity contribution is -0.136. The molecule has 2 heterocycles. The van der Waals surface area contributed by atoms with Gasteiger partial charge < -0.3 is 25.3 Å². The fourth-order valence-electron chi connectivity index (χ4n) is 3.13. The number of carbonyl (C=O) groups excluding carboxylic acids is 2. The van der Waals surface area contributed by atoms with Crippen molar-refractivity contribution in [1.29, 1.82) is 0 Å². The Bertz CT molecular complexity index is 1000. The lowest BCUT2D eigenvalue weighted by Gasteiger charge is -2.28. The number of nitrogens with one attached hydrogen (secondary N) is 1. The smallest absolute Gasteiger partial charge is 0.338 e. The number of benzene rings is 1. The van der Waals surface area contributed by atoms with Crippen LogP contribution < -0.4 is 20.5 Å². The summed E-state index contributed by atoms with van der Waals surface area (Å²) in [6, 6.07) is 4.55. The molecule has 0 spiro atoms. The molecule has 0 fully saturated rings. The first kappa shape index (κ1) is 21.5. The third-order valence-electron chi connectivity index (χ3n) is 4.39. The molecule has 1 atom stereocenters. The van der Waals surface area contributed by atoms with E-state index in [1.54, 1.807) is 29.8 Å². The largest absolute Gasteiger partial charge is 0.493 e. The molecule has 0 radical (unpaired) electrons. The number of hydrogen-bond donors (Lipinski definition) is 2. The van der Waals surface area contributed by atoms with Crippen LogP contribution in [-0.2, 0) is 14.3 Å². The van der Waals surface area contributed by atoms with Gasteiger partial charge >= 0.3 is 5.97 Å². The minimum Gasteiger partial charge on any atom is -0.493 e. The van der Waals surface area contributed by atoms with E-state index in [9.17, 15) is 9.59 Å². The third kappa shape index (κ3) is 4.20. The van der Waals surface area contributed by atoms with Crippen molar-refractivity contribution in [2.45, 2.75) is 25.0 Å². The number of nitrogens with two attached hydrogens (primary N) is 1. The maximum atomic E-state index is 12.6. The third-order valence-corrected chi connectivity index (χ3v) is 5.11. The SMILES string of the molecule is CCSc1nc2n(n1)C(c1ccc(OCC(N)=O)c(OC)c1)C(C(=O)OC)=C(C)N2. The van der Waals surface area contributed by atoms with E-state index in [1.165, 1.54) is 26.0 Å². The number of rotatable bonds is 8. The zero-order chi connectivity index (χ0) is 21.8. The Morgan fingerprint density at radius 1 is 1.30 bits per heavy atom. The van der Waals surface area contributed by atoms with Crippen molar-refractivity contribution in [3.8, 4) is 11.5 Å². The number of thioether (sulfide) groups is 1. The number of ether oxygens (including phenoxy) is 3. The number of aromatic nitrogens is 3. The number of esters is 1. The van der Waals surface area contributed by atoms with E-state index in [0.717, 1.165) is 5.75 Å². The van der Waals surface area contributed by atoms with E-state index < -0.39 is 17.9 Å². The molecule has 160 valence electrons. The molecule has 1 aliphatic rings.